The number of anilines is 1. The van der Waals surface area contributed by atoms with Gasteiger partial charge >= 0.3 is 0 Å². The van der Waals surface area contributed by atoms with Gasteiger partial charge < -0.3 is 20.5 Å². The third-order valence-electron chi connectivity index (χ3n) is 3.11. The monoisotopic (exact) mass is 266 g/mol. The molecule has 0 saturated carbocycles. The van der Waals surface area contributed by atoms with Gasteiger partial charge in [-0.1, -0.05) is 0 Å². The molecule has 104 valence electrons. The van der Waals surface area contributed by atoms with Crippen molar-refractivity contribution >= 4 is 11.7 Å². The number of piperidine rings is 1. The van der Waals surface area contributed by atoms with Crippen LogP contribution in [0, 0.1) is 0 Å². The number of hydrogen-bond donors (Lipinski definition) is 2. The van der Waals surface area contributed by atoms with E-state index in [-0.39, 0.29) is 18.4 Å². The van der Waals surface area contributed by atoms with Gasteiger partial charge in [-0.25, -0.2) is 0 Å². The average molecular weight is 266 g/mol. The highest BCUT2D eigenvalue weighted by Gasteiger charge is 2.20. The Morgan fingerprint density at radius 3 is 2.68 bits per heavy atom. The fourth-order valence-corrected chi connectivity index (χ4v) is 2.10. The summed E-state index contributed by atoms with van der Waals surface area (Å²) >= 11 is 0. The standard InChI is InChI=1S/C12H18N4O3/c13-12(18)10-1-2-11(15-14-10)16-5-3-9(4-6-16)19-8-7-17/h1-2,9,17H,3-8H2,(H2,13,18). The Labute approximate surface area is 111 Å². The van der Waals surface area contributed by atoms with Crippen molar-refractivity contribution in [3.63, 3.8) is 0 Å². The van der Waals surface area contributed by atoms with E-state index in [2.05, 4.69) is 15.1 Å². The van der Waals surface area contributed by atoms with E-state index in [1.165, 1.54) is 0 Å². The van der Waals surface area contributed by atoms with Crippen molar-refractivity contribution in [1.82, 2.24) is 10.2 Å². The number of nitrogens with zero attached hydrogens (tertiary/aromatic N) is 3. The van der Waals surface area contributed by atoms with Crippen LogP contribution in [0.5, 0.6) is 0 Å². The van der Waals surface area contributed by atoms with Crippen molar-refractivity contribution in [1.29, 1.82) is 0 Å². The van der Waals surface area contributed by atoms with Gasteiger partial charge in [0.25, 0.3) is 5.91 Å². The van der Waals surface area contributed by atoms with E-state index in [4.69, 9.17) is 15.6 Å². The molecule has 7 nitrogen and oxygen atoms in total. The zero-order chi connectivity index (χ0) is 13.7. The SMILES string of the molecule is NC(=O)c1ccc(N2CCC(OCCO)CC2)nn1. The predicted octanol–water partition coefficient (Wildman–Crippen LogP) is -0.447. The van der Waals surface area contributed by atoms with Crippen LogP contribution in [0.2, 0.25) is 0 Å². The van der Waals surface area contributed by atoms with Crippen LogP contribution in [0.4, 0.5) is 5.82 Å². The number of aliphatic hydroxyl groups is 1. The Morgan fingerprint density at radius 1 is 1.42 bits per heavy atom. The molecular formula is C12H18N4O3. The summed E-state index contributed by atoms with van der Waals surface area (Å²) in [6, 6.07) is 3.33. The maximum atomic E-state index is 10.9. The van der Waals surface area contributed by atoms with Gasteiger partial charge in [0.2, 0.25) is 0 Å². The van der Waals surface area contributed by atoms with Crippen LogP contribution in [-0.4, -0.2) is 53.6 Å². The Hall–Kier alpha value is -1.73. The molecule has 0 aromatic carbocycles. The second-order valence-electron chi connectivity index (χ2n) is 4.42. The molecule has 0 aliphatic carbocycles. The predicted molar refractivity (Wildman–Crippen MR) is 68.8 cm³/mol. The van der Waals surface area contributed by atoms with Gasteiger partial charge in [0, 0.05) is 13.1 Å². The van der Waals surface area contributed by atoms with Crippen LogP contribution >= 0.6 is 0 Å². The van der Waals surface area contributed by atoms with Crippen molar-refractivity contribution < 1.29 is 14.6 Å². The maximum Gasteiger partial charge on any atom is 0.269 e. The third kappa shape index (κ3) is 3.62. The van der Waals surface area contributed by atoms with Gasteiger partial charge in [-0.3, -0.25) is 4.79 Å². The molecule has 1 aromatic heterocycles. The van der Waals surface area contributed by atoms with Crippen molar-refractivity contribution in [2.75, 3.05) is 31.2 Å². The number of primary amides is 1. The highest BCUT2D eigenvalue weighted by molar-refractivity contribution is 5.90. The second-order valence-corrected chi connectivity index (χ2v) is 4.42. The van der Waals surface area contributed by atoms with Crippen LogP contribution in [0.1, 0.15) is 23.3 Å². The van der Waals surface area contributed by atoms with E-state index in [0.29, 0.717) is 6.61 Å². The number of hydrogen-bond acceptors (Lipinski definition) is 6. The lowest BCUT2D eigenvalue weighted by atomic mass is 10.1. The summed E-state index contributed by atoms with van der Waals surface area (Å²) in [7, 11) is 0. The van der Waals surface area contributed by atoms with Gasteiger partial charge in [-0.05, 0) is 25.0 Å². The minimum absolute atomic E-state index is 0.0558. The highest BCUT2D eigenvalue weighted by Crippen LogP contribution is 2.18. The van der Waals surface area contributed by atoms with Crippen LogP contribution in [-0.2, 0) is 4.74 Å². The lowest BCUT2D eigenvalue weighted by molar-refractivity contribution is 0.0158. The number of amides is 1. The molecular weight excluding hydrogens is 248 g/mol. The van der Waals surface area contributed by atoms with E-state index >= 15 is 0 Å². The first-order valence-corrected chi connectivity index (χ1v) is 6.31. The molecule has 0 spiro atoms. The Morgan fingerprint density at radius 2 is 2.16 bits per heavy atom. The fourth-order valence-electron chi connectivity index (χ4n) is 2.10. The molecule has 1 aliphatic rings. The lowest BCUT2D eigenvalue weighted by Gasteiger charge is -2.32. The average Bonchev–Trinajstić information content (AvgIpc) is 2.46. The number of aromatic nitrogens is 2. The van der Waals surface area contributed by atoms with E-state index in [1.807, 2.05) is 0 Å². The zero-order valence-corrected chi connectivity index (χ0v) is 10.7. The largest absolute Gasteiger partial charge is 0.394 e. The van der Waals surface area contributed by atoms with Crippen LogP contribution < -0.4 is 10.6 Å². The first-order chi connectivity index (χ1) is 9.20. The Kier molecular flexibility index (Phi) is 4.64. The number of rotatable bonds is 5. The minimum Gasteiger partial charge on any atom is -0.394 e. The van der Waals surface area contributed by atoms with Gasteiger partial charge in [0.1, 0.15) is 0 Å². The third-order valence-corrected chi connectivity index (χ3v) is 3.11. The molecule has 1 aromatic rings. The van der Waals surface area contributed by atoms with Crippen LogP contribution in [0.3, 0.4) is 0 Å². The molecule has 0 bridgehead atoms. The van der Waals surface area contributed by atoms with E-state index < -0.39 is 5.91 Å². The quantitative estimate of drug-likeness (QED) is 0.748. The Balaban J connectivity index is 1.88. The summed E-state index contributed by atoms with van der Waals surface area (Å²) in [6.07, 6.45) is 1.97. The molecule has 1 aliphatic heterocycles. The summed E-state index contributed by atoms with van der Waals surface area (Å²) in [5, 5.41) is 16.5. The second kappa shape index (κ2) is 6.44. The van der Waals surface area contributed by atoms with Gasteiger partial charge in [-0.2, -0.15) is 0 Å². The van der Waals surface area contributed by atoms with Gasteiger partial charge in [-0.15, -0.1) is 10.2 Å². The molecule has 7 heteroatoms. The molecule has 2 heterocycles. The van der Waals surface area contributed by atoms with Gasteiger partial charge in [0.15, 0.2) is 11.5 Å². The summed E-state index contributed by atoms with van der Waals surface area (Å²) < 4.78 is 5.49. The highest BCUT2D eigenvalue weighted by atomic mass is 16.5. The van der Waals surface area contributed by atoms with Crippen molar-refractivity contribution in [3.05, 3.63) is 17.8 Å². The number of aliphatic hydroxyl groups excluding tert-OH is 1. The molecule has 3 N–H and O–H groups in total. The number of nitrogens with two attached hydrogens (primary N) is 1. The number of carbonyl (C=O) groups is 1. The lowest BCUT2D eigenvalue weighted by Crippen LogP contribution is -2.38. The number of carbonyl (C=O) groups excluding carboxylic acids is 1. The van der Waals surface area contributed by atoms with E-state index in [0.717, 1.165) is 31.7 Å². The minimum atomic E-state index is -0.574. The molecule has 1 saturated heterocycles. The van der Waals surface area contributed by atoms with Crippen molar-refractivity contribution in [3.8, 4) is 0 Å². The normalized spacial score (nSPS) is 16.6. The van der Waals surface area contributed by atoms with Crippen molar-refractivity contribution in [2.45, 2.75) is 18.9 Å². The fraction of sp³-hybridized carbons (Fsp3) is 0.583. The summed E-state index contributed by atoms with van der Waals surface area (Å²) in [5.41, 5.74) is 5.29. The zero-order valence-electron chi connectivity index (χ0n) is 10.7. The molecule has 1 fully saturated rings. The first-order valence-electron chi connectivity index (χ1n) is 6.31. The smallest absolute Gasteiger partial charge is 0.269 e. The molecule has 0 unspecified atom stereocenters. The van der Waals surface area contributed by atoms with Crippen molar-refractivity contribution in [2.24, 2.45) is 5.73 Å². The molecule has 2 rings (SSSR count). The topological polar surface area (TPSA) is 102 Å². The summed E-state index contributed by atoms with van der Waals surface area (Å²) in [6.45, 7) is 2.08. The van der Waals surface area contributed by atoms with E-state index in [9.17, 15) is 4.79 Å². The Bertz CT molecular complexity index is 415. The molecule has 19 heavy (non-hydrogen) atoms. The van der Waals surface area contributed by atoms with Crippen LogP contribution in [0.15, 0.2) is 12.1 Å². The van der Waals surface area contributed by atoms with Crippen LogP contribution in [0.25, 0.3) is 0 Å². The maximum absolute atomic E-state index is 10.9. The molecule has 1 amide bonds. The first kappa shape index (κ1) is 13.7. The molecule has 0 atom stereocenters. The van der Waals surface area contributed by atoms with Gasteiger partial charge in [0.05, 0.1) is 19.3 Å². The number of ether oxygens (including phenoxy) is 1. The van der Waals surface area contributed by atoms with E-state index in [1.54, 1.807) is 12.1 Å². The summed E-state index contributed by atoms with van der Waals surface area (Å²) in [4.78, 5) is 13.0. The molecule has 0 radical (unpaired) electrons. The summed E-state index contributed by atoms with van der Waals surface area (Å²) in [5.74, 6) is 0.167.